The Bertz CT molecular complexity index is 1100. The van der Waals surface area contributed by atoms with E-state index in [0.717, 1.165) is 12.2 Å². The van der Waals surface area contributed by atoms with Crippen molar-refractivity contribution in [3.8, 4) is 0 Å². The molecule has 3 heteroatoms. The average Bonchev–Trinajstić information content (AvgIpc) is 2.84. The molecule has 0 unspecified atom stereocenters. The van der Waals surface area contributed by atoms with Crippen LogP contribution in [-0.4, -0.2) is 25.1 Å². The number of fused-ring (bicyclic) bond motifs is 1. The summed E-state index contributed by atoms with van der Waals surface area (Å²) in [4.78, 5) is 0. The molecule has 0 aromatic heterocycles. The van der Waals surface area contributed by atoms with Crippen molar-refractivity contribution >= 4 is 16.5 Å². The van der Waals surface area contributed by atoms with E-state index < -0.39 is 0 Å². The minimum atomic E-state index is -0.237. The van der Waals surface area contributed by atoms with Gasteiger partial charge in [-0.3, -0.25) is 0 Å². The third kappa shape index (κ3) is 4.14. The van der Waals surface area contributed by atoms with Crippen LogP contribution in [0.4, 0.5) is 5.69 Å². The van der Waals surface area contributed by atoms with Gasteiger partial charge in [-0.2, -0.15) is 0 Å². The third-order valence-corrected chi connectivity index (χ3v) is 6.91. The highest BCUT2D eigenvalue weighted by atomic mass is 16.6. The van der Waals surface area contributed by atoms with Crippen LogP contribution in [0.25, 0.3) is 10.8 Å². The smallest absolute Gasteiger partial charge is 0.143 e. The Morgan fingerprint density at radius 1 is 0.656 bits per heavy atom. The van der Waals surface area contributed by atoms with Gasteiger partial charge in [0.1, 0.15) is 6.79 Å². The molecule has 5 rings (SSSR count). The molecular formula is C29H29NO2. The van der Waals surface area contributed by atoms with Crippen LogP contribution in [0.2, 0.25) is 0 Å². The molecule has 1 aliphatic carbocycles. The topological polar surface area (TPSA) is 41.5 Å². The first kappa shape index (κ1) is 20.7. The predicted octanol–water partition coefficient (Wildman–Crippen LogP) is 6.03. The molecule has 1 saturated carbocycles. The van der Waals surface area contributed by atoms with Gasteiger partial charge in [-0.1, -0.05) is 91.0 Å². The zero-order valence-electron chi connectivity index (χ0n) is 18.1. The van der Waals surface area contributed by atoms with Gasteiger partial charge in [-0.05, 0) is 57.7 Å². The highest BCUT2D eigenvalue weighted by molar-refractivity contribution is 5.85. The molecule has 0 aliphatic heterocycles. The maximum absolute atomic E-state index is 9.32. The summed E-state index contributed by atoms with van der Waals surface area (Å²) in [5.74, 6) is 1.51. The lowest BCUT2D eigenvalue weighted by molar-refractivity contribution is -0.0565. The standard InChI is InChI=1S/C29H29NO2/c31-20-32-19-27-28(22-10-3-1-4-11-22)26(29(27)23-12-5-2-6-13-23)18-30-25-16-15-21-9-7-8-14-24(21)17-25/h1-17,26-31H,18-20H2/t26?,27?,28-,29-/m1/s1. The van der Waals surface area contributed by atoms with E-state index in [1.54, 1.807) is 0 Å². The summed E-state index contributed by atoms with van der Waals surface area (Å²) in [5, 5.41) is 15.5. The van der Waals surface area contributed by atoms with Crippen molar-refractivity contribution in [2.24, 2.45) is 11.8 Å². The molecule has 0 amide bonds. The molecule has 2 atom stereocenters. The third-order valence-electron chi connectivity index (χ3n) is 6.91. The van der Waals surface area contributed by atoms with Gasteiger partial charge in [-0.25, -0.2) is 0 Å². The van der Waals surface area contributed by atoms with Crippen molar-refractivity contribution in [1.29, 1.82) is 0 Å². The van der Waals surface area contributed by atoms with Gasteiger partial charge in [0.05, 0.1) is 6.61 Å². The summed E-state index contributed by atoms with van der Waals surface area (Å²) in [6.45, 7) is 1.20. The first-order chi connectivity index (χ1) is 15.8. The maximum Gasteiger partial charge on any atom is 0.143 e. The van der Waals surface area contributed by atoms with E-state index in [0.29, 0.717) is 30.3 Å². The molecule has 0 bridgehead atoms. The molecule has 1 fully saturated rings. The minimum absolute atomic E-state index is 0.237. The Labute approximate surface area is 189 Å². The highest BCUT2D eigenvalue weighted by Crippen LogP contribution is 2.57. The molecular weight excluding hydrogens is 394 g/mol. The van der Waals surface area contributed by atoms with Crippen molar-refractivity contribution in [2.75, 3.05) is 25.3 Å². The lowest BCUT2D eigenvalue weighted by atomic mass is 9.52. The Morgan fingerprint density at radius 3 is 1.88 bits per heavy atom. The molecule has 0 heterocycles. The van der Waals surface area contributed by atoms with Crippen molar-refractivity contribution < 1.29 is 9.84 Å². The fourth-order valence-corrected chi connectivity index (χ4v) is 5.46. The fourth-order valence-electron chi connectivity index (χ4n) is 5.46. The lowest BCUT2D eigenvalue weighted by Crippen LogP contribution is -2.48. The number of aliphatic hydroxyl groups is 1. The van der Waals surface area contributed by atoms with Crippen LogP contribution in [0, 0.1) is 11.8 Å². The van der Waals surface area contributed by atoms with E-state index in [4.69, 9.17) is 4.74 Å². The quantitative estimate of drug-likeness (QED) is 0.340. The van der Waals surface area contributed by atoms with Crippen molar-refractivity contribution in [2.45, 2.75) is 11.8 Å². The van der Waals surface area contributed by atoms with Gasteiger partial charge in [0.25, 0.3) is 0 Å². The van der Waals surface area contributed by atoms with Crippen LogP contribution >= 0.6 is 0 Å². The van der Waals surface area contributed by atoms with Crippen molar-refractivity contribution in [1.82, 2.24) is 0 Å². The number of anilines is 1. The van der Waals surface area contributed by atoms with E-state index in [-0.39, 0.29) is 6.79 Å². The van der Waals surface area contributed by atoms with Crippen LogP contribution in [0.3, 0.4) is 0 Å². The Kier molecular flexibility index (Phi) is 6.20. The highest BCUT2D eigenvalue weighted by Gasteiger charge is 2.51. The lowest BCUT2D eigenvalue weighted by Gasteiger charge is -2.53. The second kappa shape index (κ2) is 9.56. The number of nitrogens with one attached hydrogen (secondary N) is 1. The Morgan fingerprint density at radius 2 is 1.25 bits per heavy atom. The van der Waals surface area contributed by atoms with Crippen molar-refractivity contribution in [3.05, 3.63) is 114 Å². The molecule has 2 N–H and O–H groups in total. The summed E-state index contributed by atoms with van der Waals surface area (Å²) < 4.78 is 5.54. The van der Waals surface area contributed by atoms with Gasteiger partial charge >= 0.3 is 0 Å². The number of hydrogen-bond donors (Lipinski definition) is 2. The monoisotopic (exact) mass is 423 g/mol. The summed E-state index contributed by atoms with van der Waals surface area (Å²) >= 11 is 0. The van der Waals surface area contributed by atoms with Gasteiger partial charge in [0, 0.05) is 12.2 Å². The zero-order chi connectivity index (χ0) is 21.8. The van der Waals surface area contributed by atoms with Gasteiger partial charge in [-0.15, -0.1) is 0 Å². The van der Waals surface area contributed by atoms with Gasteiger partial charge in [0.2, 0.25) is 0 Å². The largest absolute Gasteiger partial charge is 0.385 e. The first-order valence-electron chi connectivity index (χ1n) is 11.4. The molecule has 0 spiro atoms. The molecule has 4 aromatic carbocycles. The second-order valence-electron chi connectivity index (χ2n) is 8.64. The van der Waals surface area contributed by atoms with Crippen LogP contribution in [0.15, 0.2) is 103 Å². The van der Waals surface area contributed by atoms with Gasteiger partial charge < -0.3 is 15.2 Å². The number of hydrogen-bond acceptors (Lipinski definition) is 3. The summed E-state index contributed by atoms with van der Waals surface area (Å²) in [6, 6.07) is 36.5. The van der Waals surface area contributed by atoms with Crippen LogP contribution in [0.5, 0.6) is 0 Å². The molecule has 0 radical (unpaired) electrons. The van der Waals surface area contributed by atoms with E-state index in [2.05, 4.69) is 108 Å². The molecule has 32 heavy (non-hydrogen) atoms. The second-order valence-corrected chi connectivity index (χ2v) is 8.64. The number of benzene rings is 4. The molecule has 162 valence electrons. The number of ether oxygens (including phenoxy) is 1. The number of rotatable bonds is 8. The Hall–Kier alpha value is -3.14. The zero-order valence-corrected chi connectivity index (χ0v) is 18.1. The molecule has 0 saturated heterocycles. The summed E-state index contributed by atoms with van der Waals surface area (Å²) in [6.07, 6.45) is 0. The van der Waals surface area contributed by atoms with E-state index >= 15 is 0 Å². The SMILES string of the molecule is OCOCC1[C@H](c2ccccc2)C(CNc2ccc3ccccc3c2)[C@H]1c1ccccc1. The average molecular weight is 424 g/mol. The van der Waals surface area contributed by atoms with E-state index in [1.165, 1.54) is 21.9 Å². The molecule has 1 aliphatic rings. The molecule has 4 aromatic rings. The minimum Gasteiger partial charge on any atom is -0.385 e. The van der Waals surface area contributed by atoms with Crippen LogP contribution in [0.1, 0.15) is 23.0 Å². The summed E-state index contributed by atoms with van der Waals surface area (Å²) in [5.41, 5.74) is 3.84. The van der Waals surface area contributed by atoms with Crippen LogP contribution in [-0.2, 0) is 4.74 Å². The fraction of sp³-hybridized carbons (Fsp3) is 0.241. The summed E-state index contributed by atoms with van der Waals surface area (Å²) in [7, 11) is 0. The number of aliphatic hydroxyl groups excluding tert-OH is 1. The normalized spacial score (nSPS) is 22.4. The van der Waals surface area contributed by atoms with Crippen LogP contribution < -0.4 is 5.32 Å². The van der Waals surface area contributed by atoms with Gasteiger partial charge in [0.15, 0.2) is 0 Å². The van der Waals surface area contributed by atoms with E-state index in [1.807, 2.05) is 0 Å². The molecule has 3 nitrogen and oxygen atoms in total. The predicted molar refractivity (Wildman–Crippen MR) is 131 cm³/mol. The van der Waals surface area contributed by atoms with E-state index in [9.17, 15) is 5.11 Å². The maximum atomic E-state index is 9.32. The first-order valence-corrected chi connectivity index (χ1v) is 11.4. The Balaban J connectivity index is 1.43. The van der Waals surface area contributed by atoms with Crippen molar-refractivity contribution in [3.63, 3.8) is 0 Å².